The van der Waals surface area contributed by atoms with Crippen LogP contribution in [0.2, 0.25) is 0 Å². The van der Waals surface area contributed by atoms with Gasteiger partial charge in [-0.25, -0.2) is 9.97 Å². The van der Waals surface area contributed by atoms with Crippen LogP contribution in [0.15, 0.2) is 36.5 Å². The molecule has 29 heavy (non-hydrogen) atoms. The summed E-state index contributed by atoms with van der Waals surface area (Å²) in [6, 6.07) is 10.2. The molecule has 4 rings (SSSR count). The molecule has 2 amide bonds. The summed E-state index contributed by atoms with van der Waals surface area (Å²) < 4.78 is 0. The zero-order valence-electron chi connectivity index (χ0n) is 17.0. The fraction of sp³-hybridized carbons (Fsp3) is 0.478. The van der Waals surface area contributed by atoms with E-state index in [4.69, 9.17) is 4.98 Å². The smallest absolute Gasteiger partial charge is 0.222 e. The molecule has 1 aromatic carbocycles. The first-order valence-corrected chi connectivity index (χ1v) is 10.5. The average Bonchev–Trinajstić information content (AvgIpc) is 2.77. The third-order valence-electron chi connectivity index (χ3n) is 6.01. The molecule has 2 aliphatic heterocycles. The Bertz CT molecular complexity index is 884. The quantitative estimate of drug-likeness (QED) is 0.802. The third-order valence-corrected chi connectivity index (χ3v) is 6.01. The van der Waals surface area contributed by atoms with Crippen molar-refractivity contribution in [1.82, 2.24) is 19.8 Å². The number of amides is 2. The highest BCUT2D eigenvalue weighted by Gasteiger charge is 2.28. The molecule has 0 spiro atoms. The monoisotopic (exact) mass is 392 g/mol. The van der Waals surface area contributed by atoms with Crippen molar-refractivity contribution in [1.29, 1.82) is 0 Å². The van der Waals surface area contributed by atoms with Gasteiger partial charge in [-0.2, -0.15) is 0 Å². The molecule has 2 aliphatic rings. The molecule has 2 aromatic rings. The number of aryl methyl sites for hydroxylation is 1. The van der Waals surface area contributed by atoms with Crippen LogP contribution in [-0.4, -0.2) is 51.2 Å². The Balaban J connectivity index is 1.38. The Morgan fingerprint density at radius 3 is 2.76 bits per heavy atom. The lowest BCUT2D eigenvalue weighted by atomic mass is 9.96. The van der Waals surface area contributed by atoms with Gasteiger partial charge in [-0.15, -0.1) is 0 Å². The molecular formula is C23H28N4O2. The second kappa shape index (κ2) is 8.72. The minimum atomic E-state index is 0.0941. The molecule has 152 valence electrons. The SMILES string of the molecule is CC(=O)N1CCc2nc(C3CCCN(C(=O)CCc4ccccc4)C3)ncc2C1. The van der Waals surface area contributed by atoms with Crippen molar-refractivity contribution in [2.45, 2.75) is 51.5 Å². The van der Waals surface area contributed by atoms with Gasteiger partial charge in [0.25, 0.3) is 0 Å². The maximum absolute atomic E-state index is 12.7. The lowest BCUT2D eigenvalue weighted by Crippen LogP contribution is -2.40. The predicted octanol–water partition coefficient (Wildman–Crippen LogP) is 2.72. The summed E-state index contributed by atoms with van der Waals surface area (Å²) in [6.07, 6.45) is 5.98. The van der Waals surface area contributed by atoms with E-state index in [2.05, 4.69) is 17.1 Å². The van der Waals surface area contributed by atoms with Crippen molar-refractivity contribution < 1.29 is 9.59 Å². The zero-order valence-corrected chi connectivity index (χ0v) is 17.0. The number of hydrogen-bond acceptors (Lipinski definition) is 4. The molecule has 0 N–H and O–H groups in total. The van der Waals surface area contributed by atoms with Crippen LogP contribution in [0.1, 0.15) is 54.7 Å². The van der Waals surface area contributed by atoms with Gasteiger partial charge in [0.15, 0.2) is 0 Å². The highest BCUT2D eigenvalue weighted by atomic mass is 16.2. The number of hydrogen-bond donors (Lipinski definition) is 0. The number of likely N-dealkylation sites (tertiary alicyclic amines) is 1. The number of piperidine rings is 1. The highest BCUT2D eigenvalue weighted by Crippen LogP contribution is 2.27. The molecule has 1 fully saturated rings. The van der Waals surface area contributed by atoms with Crippen LogP contribution >= 0.6 is 0 Å². The summed E-state index contributed by atoms with van der Waals surface area (Å²) in [5.41, 5.74) is 3.30. The summed E-state index contributed by atoms with van der Waals surface area (Å²) in [6.45, 7) is 4.44. The number of nitrogens with zero attached hydrogens (tertiary/aromatic N) is 4. The molecule has 1 atom stereocenters. The van der Waals surface area contributed by atoms with Crippen LogP contribution in [0, 0.1) is 0 Å². The topological polar surface area (TPSA) is 66.4 Å². The van der Waals surface area contributed by atoms with Gasteiger partial charge < -0.3 is 9.80 Å². The Hall–Kier alpha value is -2.76. The van der Waals surface area contributed by atoms with Gasteiger partial charge in [0.1, 0.15) is 5.82 Å². The molecule has 6 nitrogen and oxygen atoms in total. The van der Waals surface area contributed by atoms with Crippen LogP contribution in [-0.2, 0) is 29.0 Å². The lowest BCUT2D eigenvalue weighted by Gasteiger charge is -2.33. The molecule has 0 bridgehead atoms. The fourth-order valence-corrected chi connectivity index (χ4v) is 4.27. The second-order valence-electron chi connectivity index (χ2n) is 8.06. The molecule has 6 heteroatoms. The van der Waals surface area contributed by atoms with Gasteiger partial charge in [-0.3, -0.25) is 9.59 Å². The Labute approximate surface area is 172 Å². The number of rotatable bonds is 4. The number of carbonyl (C=O) groups is 2. The minimum Gasteiger partial charge on any atom is -0.342 e. The number of carbonyl (C=O) groups excluding carboxylic acids is 2. The average molecular weight is 393 g/mol. The Morgan fingerprint density at radius 2 is 1.97 bits per heavy atom. The normalized spacial score (nSPS) is 19.0. The number of aromatic nitrogens is 2. The third kappa shape index (κ3) is 4.63. The molecule has 3 heterocycles. The summed E-state index contributed by atoms with van der Waals surface area (Å²) in [5, 5.41) is 0. The molecular weight excluding hydrogens is 364 g/mol. The van der Waals surface area contributed by atoms with E-state index in [0.29, 0.717) is 26.1 Å². The van der Waals surface area contributed by atoms with Crippen LogP contribution in [0.25, 0.3) is 0 Å². The van der Waals surface area contributed by atoms with E-state index in [1.165, 1.54) is 5.56 Å². The van der Waals surface area contributed by atoms with Crippen molar-refractivity contribution in [2.75, 3.05) is 19.6 Å². The lowest BCUT2D eigenvalue weighted by molar-refractivity contribution is -0.132. The van der Waals surface area contributed by atoms with E-state index in [1.807, 2.05) is 34.2 Å². The van der Waals surface area contributed by atoms with Crippen LogP contribution in [0.3, 0.4) is 0 Å². The van der Waals surface area contributed by atoms with Crippen molar-refractivity contribution in [3.63, 3.8) is 0 Å². The summed E-state index contributed by atoms with van der Waals surface area (Å²) >= 11 is 0. The first kappa shape index (κ1) is 19.6. The van der Waals surface area contributed by atoms with Crippen molar-refractivity contribution in [3.8, 4) is 0 Å². The number of benzene rings is 1. The van der Waals surface area contributed by atoms with Crippen LogP contribution < -0.4 is 0 Å². The maximum Gasteiger partial charge on any atom is 0.222 e. The first-order valence-electron chi connectivity index (χ1n) is 10.5. The van der Waals surface area contributed by atoms with E-state index in [-0.39, 0.29) is 17.7 Å². The minimum absolute atomic E-state index is 0.0941. The predicted molar refractivity (Wildman–Crippen MR) is 110 cm³/mol. The molecule has 0 saturated carbocycles. The summed E-state index contributed by atoms with van der Waals surface area (Å²) in [5.74, 6) is 1.35. The van der Waals surface area contributed by atoms with E-state index >= 15 is 0 Å². The van der Waals surface area contributed by atoms with E-state index in [0.717, 1.165) is 49.3 Å². The first-order chi connectivity index (χ1) is 14.1. The number of fused-ring (bicyclic) bond motifs is 1. The van der Waals surface area contributed by atoms with Crippen molar-refractivity contribution >= 4 is 11.8 Å². The van der Waals surface area contributed by atoms with Crippen LogP contribution in [0.5, 0.6) is 0 Å². The van der Waals surface area contributed by atoms with Crippen molar-refractivity contribution in [3.05, 3.63) is 59.2 Å². The fourth-order valence-electron chi connectivity index (χ4n) is 4.27. The van der Waals surface area contributed by atoms with Crippen molar-refractivity contribution in [2.24, 2.45) is 0 Å². The van der Waals surface area contributed by atoms with E-state index < -0.39 is 0 Å². The Kier molecular flexibility index (Phi) is 5.88. The molecule has 1 saturated heterocycles. The Morgan fingerprint density at radius 1 is 1.14 bits per heavy atom. The van der Waals surface area contributed by atoms with E-state index in [9.17, 15) is 9.59 Å². The van der Waals surface area contributed by atoms with Crippen LogP contribution in [0.4, 0.5) is 0 Å². The van der Waals surface area contributed by atoms with E-state index in [1.54, 1.807) is 6.92 Å². The summed E-state index contributed by atoms with van der Waals surface area (Å²) in [4.78, 5) is 37.6. The van der Waals surface area contributed by atoms with Gasteiger partial charge >= 0.3 is 0 Å². The van der Waals surface area contributed by atoms with Gasteiger partial charge in [0, 0.05) is 63.6 Å². The summed E-state index contributed by atoms with van der Waals surface area (Å²) in [7, 11) is 0. The molecule has 1 aromatic heterocycles. The molecule has 1 unspecified atom stereocenters. The second-order valence-corrected chi connectivity index (χ2v) is 8.06. The van der Waals surface area contributed by atoms with Gasteiger partial charge in [0.2, 0.25) is 11.8 Å². The zero-order chi connectivity index (χ0) is 20.2. The van der Waals surface area contributed by atoms with Gasteiger partial charge in [0.05, 0.1) is 5.69 Å². The maximum atomic E-state index is 12.7. The molecule has 0 aliphatic carbocycles. The van der Waals surface area contributed by atoms with Gasteiger partial charge in [-0.05, 0) is 24.8 Å². The largest absolute Gasteiger partial charge is 0.342 e. The standard InChI is InChI=1S/C23H28N4O2/c1-17(28)26-13-11-21-20(16-26)14-24-23(25-21)19-8-5-12-27(15-19)22(29)10-9-18-6-3-2-4-7-18/h2-4,6-7,14,19H,5,8-13,15-16H2,1H3. The van der Waals surface area contributed by atoms with Gasteiger partial charge in [-0.1, -0.05) is 30.3 Å². The molecule has 0 radical (unpaired) electrons. The highest BCUT2D eigenvalue weighted by molar-refractivity contribution is 5.76.